The summed E-state index contributed by atoms with van der Waals surface area (Å²) in [5.74, 6) is -0.732. The van der Waals surface area contributed by atoms with Crippen LogP contribution in [0.1, 0.15) is 18.9 Å². The average molecular weight is 288 g/mol. The molecule has 1 heterocycles. The Morgan fingerprint density at radius 3 is 2.81 bits per heavy atom. The summed E-state index contributed by atoms with van der Waals surface area (Å²) in [6.07, 6.45) is 0.484. The van der Waals surface area contributed by atoms with Crippen molar-refractivity contribution in [1.29, 1.82) is 0 Å². The molecule has 1 amide bonds. The van der Waals surface area contributed by atoms with E-state index in [9.17, 15) is 9.59 Å². The Hall–Kier alpha value is -2.30. The van der Waals surface area contributed by atoms with Gasteiger partial charge in [-0.1, -0.05) is 12.2 Å². The van der Waals surface area contributed by atoms with Gasteiger partial charge in [0.15, 0.2) is 0 Å². The SMILES string of the molecule is C=C(C)CN1C(=O)Cc2cc(N(C)CCC(=O)O)ccc21. The van der Waals surface area contributed by atoms with E-state index >= 15 is 0 Å². The number of benzene rings is 1. The van der Waals surface area contributed by atoms with E-state index in [1.54, 1.807) is 4.90 Å². The fraction of sp³-hybridized carbons (Fsp3) is 0.375. The molecule has 2 rings (SSSR count). The van der Waals surface area contributed by atoms with Gasteiger partial charge in [0.1, 0.15) is 0 Å². The number of anilines is 2. The van der Waals surface area contributed by atoms with Crippen molar-refractivity contribution >= 4 is 23.3 Å². The predicted octanol–water partition coefficient (Wildman–Crippen LogP) is 2.06. The Morgan fingerprint density at radius 2 is 2.19 bits per heavy atom. The maximum absolute atomic E-state index is 12.1. The monoisotopic (exact) mass is 288 g/mol. The largest absolute Gasteiger partial charge is 0.481 e. The van der Waals surface area contributed by atoms with Crippen LogP contribution >= 0.6 is 0 Å². The minimum absolute atomic E-state index is 0.0818. The standard InChI is InChI=1S/C16H20N2O3/c1-11(2)10-18-14-5-4-13(8-12(14)9-15(18)19)17(3)7-6-16(20)21/h4-5,8H,1,6-7,9-10H2,2-3H3,(H,20,21). The molecule has 1 aromatic carbocycles. The summed E-state index contributed by atoms with van der Waals surface area (Å²) in [7, 11) is 1.85. The van der Waals surface area contributed by atoms with Gasteiger partial charge in [-0.2, -0.15) is 0 Å². The van der Waals surface area contributed by atoms with E-state index in [0.717, 1.165) is 22.5 Å². The van der Waals surface area contributed by atoms with Gasteiger partial charge in [0.25, 0.3) is 0 Å². The molecule has 21 heavy (non-hydrogen) atoms. The summed E-state index contributed by atoms with van der Waals surface area (Å²) >= 11 is 0. The number of fused-ring (bicyclic) bond motifs is 1. The second kappa shape index (κ2) is 5.99. The molecule has 0 saturated carbocycles. The van der Waals surface area contributed by atoms with Gasteiger partial charge in [0.05, 0.1) is 12.8 Å². The Labute approximate surface area is 124 Å². The van der Waals surface area contributed by atoms with Gasteiger partial charge in [-0.3, -0.25) is 9.59 Å². The third kappa shape index (κ3) is 3.42. The molecule has 5 nitrogen and oxygen atoms in total. The molecule has 0 radical (unpaired) electrons. The van der Waals surface area contributed by atoms with Crippen molar-refractivity contribution in [2.75, 3.05) is 29.9 Å². The lowest BCUT2D eigenvalue weighted by Gasteiger charge is -2.21. The fourth-order valence-electron chi connectivity index (χ4n) is 2.44. The lowest BCUT2D eigenvalue weighted by Crippen LogP contribution is -2.28. The number of amides is 1. The first-order valence-corrected chi connectivity index (χ1v) is 6.89. The first kappa shape index (κ1) is 15.1. The molecule has 5 heteroatoms. The molecular formula is C16H20N2O3. The van der Waals surface area contributed by atoms with Crippen LogP contribution in [0.25, 0.3) is 0 Å². The van der Waals surface area contributed by atoms with Gasteiger partial charge < -0.3 is 14.9 Å². The molecule has 0 bridgehead atoms. The highest BCUT2D eigenvalue weighted by molar-refractivity contribution is 6.02. The molecule has 1 aliphatic heterocycles. The summed E-state index contributed by atoms with van der Waals surface area (Å²) < 4.78 is 0. The Balaban J connectivity index is 2.17. The molecule has 0 spiro atoms. The highest BCUT2D eigenvalue weighted by Crippen LogP contribution is 2.32. The van der Waals surface area contributed by atoms with E-state index < -0.39 is 5.97 Å². The number of nitrogens with zero attached hydrogens (tertiary/aromatic N) is 2. The number of aliphatic carboxylic acids is 1. The van der Waals surface area contributed by atoms with Crippen LogP contribution in [-0.4, -0.2) is 37.1 Å². The van der Waals surface area contributed by atoms with E-state index in [2.05, 4.69) is 6.58 Å². The van der Waals surface area contributed by atoms with Crippen molar-refractivity contribution in [3.63, 3.8) is 0 Å². The van der Waals surface area contributed by atoms with E-state index in [0.29, 0.717) is 19.5 Å². The predicted molar refractivity (Wildman–Crippen MR) is 82.8 cm³/mol. The number of carbonyl (C=O) groups is 2. The van der Waals surface area contributed by atoms with Crippen molar-refractivity contribution in [2.24, 2.45) is 0 Å². The molecular weight excluding hydrogens is 268 g/mol. The molecule has 1 aromatic rings. The number of hydrogen-bond acceptors (Lipinski definition) is 3. The topological polar surface area (TPSA) is 60.9 Å². The second-order valence-electron chi connectivity index (χ2n) is 5.49. The van der Waals surface area contributed by atoms with Crippen LogP contribution in [0, 0.1) is 0 Å². The van der Waals surface area contributed by atoms with E-state index in [-0.39, 0.29) is 12.3 Å². The summed E-state index contributed by atoms with van der Waals surface area (Å²) in [5.41, 5.74) is 3.79. The van der Waals surface area contributed by atoms with E-state index in [1.807, 2.05) is 37.1 Å². The van der Waals surface area contributed by atoms with Crippen molar-refractivity contribution in [2.45, 2.75) is 19.8 Å². The number of hydrogen-bond donors (Lipinski definition) is 1. The number of carboxylic acid groups (broad SMARTS) is 1. The fourth-order valence-corrected chi connectivity index (χ4v) is 2.44. The zero-order valence-corrected chi connectivity index (χ0v) is 12.4. The van der Waals surface area contributed by atoms with Crippen LogP contribution in [-0.2, 0) is 16.0 Å². The molecule has 1 N–H and O–H groups in total. The molecule has 0 unspecified atom stereocenters. The number of rotatable bonds is 6. The summed E-state index contributed by atoms with van der Waals surface area (Å²) in [4.78, 5) is 26.3. The van der Waals surface area contributed by atoms with Crippen LogP contribution in [0.2, 0.25) is 0 Å². The Morgan fingerprint density at radius 1 is 1.48 bits per heavy atom. The summed E-state index contributed by atoms with van der Waals surface area (Å²) in [6.45, 7) is 6.74. The van der Waals surface area contributed by atoms with Crippen molar-refractivity contribution in [3.8, 4) is 0 Å². The van der Waals surface area contributed by atoms with Crippen molar-refractivity contribution in [3.05, 3.63) is 35.9 Å². The minimum atomic E-state index is -0.814. The van der Waals surface area contributed by atoms with E-state index in [4.69, 9.17) is 5.11 Å². The smallest absolute Gasteiger partial charge is 0.305 e. The van der Waals surface area contributed by atoms with Crippen LogP contribution in [0.4, 0.5) is 11.4 Å². The normalized spacial score (nSPS) is 13.2. The van der Waals surface area contributed by atoms with Gasteiger partial charge in [-0.15, -0.1) is 0 Å². The minimum Gasteiger partial charge on any atom is -0.481 e. The Kier molecular flexibility index (Phi) is 4.31. The molecule has 112 valence electrons. The third-order valence-corrected chi connectivity index (χ3v) is 3.53. The lowest BCUT2D eigenvalue weighted by molar-refractivity contribution is -0.136. The molecule has 0 fully saturated rings. The Bertz CT molecular complexity index is 595. The van der Waals surface area contributed by atoms with Crippen LogP contribution in [0.5, 0.6) is 0 Å². The van der Waals surface area contributed by atoms with Crippen LogP contribution in [0.3, 0.4) is 0 Å². The molecule has 0 aliphatic carbocycles. The van der Waals surface area contributed by atoms with Crippen LogP contribution < -0.4 is 9.80 Å². The van der Waals surface area contributed by atoms with Gasteiger partial charge >= 0.3 is 5.97 Å². The molecule has 0 atom stereocenters. The first-order chi connectivity index (χ1) is 9.88. The average Bonchev–Trinajstić information content (AvgIpc) is 2.71. The number of carboxylic acids is 1. The van der Waals surface area contributed by atoms with Gasteiger partial charge in [-0.25, -0.2) is 0 Å². The molecule has 0 aromatic heterocycles. The van der Waals surface area contributed by atoms with E-state index in [1.165, 1.54) is 0 Å². The highest BCUT2D eigenvalue weighted by Gasteiger charge is 2.27. The zero-order chi connectivity index (χ0) is 15.6. The van der Waals surface area contributed by atoms with Crippen molar-refractivity contribution < 1.29 is 14.7 Å². The first-order valence-electron chi connectivity index (χ1n) is 6.89. The number of carbonyl (C=O) groups excluding carboxylic acids is 1. The summed E-state index contributed by atoms with van der Waals surface area (Å²) in [5, 5.41) is 8.73. The van der Waals surface area contributed by atoms with Crippen molar-refractivity contribution in [1.82, 2.24) is 0 Å². The quantitative estimate of drug-likeness (QED) is 0.814. The van der Waals surface area contributed by atoms with Gasteiger partial charge in [-0.05, 0) is 30.7 Å². The molecule has 0 saturated heterocycles. The summed E-state index contributed by atoms with van der Waals surface area (Å²) in [6, 6.07) is 5.81. The van der Waals surface area contributed by atoms with Crippen LogP contribution in [0.15, 0.2) is 30.4 Å². The lowest BCUT2D eigenvalue weighted by atomic mass is 10.1. The second-order valence-corrected chi connectivity index (χ2v) is 5.49. The maximum atomic E-state index is 12.1. The molecule has 1 aliphatic rings. The van der Waals surface area contributed by atoms with Gasteiger partial charge in [0.2, 0.25) is 5.91 Å². The maximum Gasteiger partial charge on any atom is 0.305 e. The third-order valence-electron chi connectivity index (χ3n) is 3.53. The zero-order valence-electron chi connectivity index (χ0n) is 12.4. The highest BCUT2D eigenvalue weighted by atomic mass is 16.4. The van der Waals surface area contributed by atoms with Gasteiger partial charge in [0, 0.05) is 31.5 Å².